The maximum Gasteiger partial charge on any atom is 0.262 e. The van der Waals surface area contributed by atoms with E-state index in [9.17, 15) is 9.59 Å². The standard InChI is InChI=1S/C21H15Cl2N3O2S/c1-12-24-20-15(10-18(29-20)13-5-3-2-4-6-13)21(28)26(12)11-19(27)25-14-7-8-16(22)17(23)9-14/h2-10H,11H2,1H3,(H,25,27). The number of aryl methyl sites for hydroxylation is 1. The van der Waals surface area contributed by atoms with Gasteiger partial charge in [0.15, 0.2) is 0 Å². The molecule has 0 aliphatic heterocycles. The quantitative estimate of drug-likeness (QED) is 0.460. The normalized spacial score (nSPS) is 11.0. The molecule has 0 atom stereocenters. The van der Waals surface area contributed by atoms with E-state index < -0.39 is 0 Å². The van der Waals surface area contributed by atoms with Gasteiger partial charge in [-0.1, -0.05) is 53.5 Å². The molecule has 2 aromatic heterocycles. The van der Waals surface area contributed by atoms with E-state index in [4.69, 9.17) is 23.2 Å². The van der Waals surface area contributed by atoms with E-state index in [1.807, 2.05) is 36.4 Å². The first kappa shape index (κ1) is 19.6. The molecule has 0 fully saturated rings. The van der Waals surface area contributed by atoms with Crippen molar-refractivity contribution in [3.05, 3.63) is 80.8 Å². The molecule has 0 aliphatic rings. The maximum absolute atomic E-state index is 13.0. The lowest BCUT2D eigenvalue weighted by Crippen LogP contribution is -2.29. The molecule has 0 unspecified atom stereocenters. The first-order valence-electron chi connectivity index (χ1n) is 8.73. The van der Waals surface area contributed by atoms with Crippen molar-refractivity contribution < 1.29 is 4.79 Å². The molecule has 29 heavy (non-hydrogen) atoms. The average molecular weight is 444 g/mol. The predicted octanol–water partition coefficient (Wildman–Crippen LogP) is 5.38. The van der Waals surface area contributed by atoms with Crippen LogP contribution >= 0.6 is 34.5 Å². The summed E-state index contributed by atoms with van der Waals surface area (Å²) in [6.07, 6.45) is 0. The lowest BCUT2D eigenvalue weighted by molar-refractivity contribution is -0.116. The lowest BCUT2D eigenvalue weighted by atomic mass is 10.2. The van der Waals surface area contributed by atoms with Crippen molar-refractivity contribution in [3.63, 3.8) is 0 Å². The predicted molar refractivity (Wildman–Crippen MR) is 119 cm³/mol. The summed E-state index contributed by atoms with van der Waals surface area (Å²) in [5.74, 6) is 0.126. The van der Waals surface area contributed by atoms with Crippen LogP contribution in [0.15, 0.2) is 59.4 Å². The third-order valence-corrected chi connectivity index (χ3v) is 6.22. The number of halogens is 2. The molecule has 5 nitrogen and oxygen atoms in total. The summed E-state index contributed by atoms with van der Waals surface area (Å²) in [6, 6.07) is 16.4. The van der Waals surface area contributed by atoms with Gasteiger partial charge in [-0.15, -0.1) is 11.3 Å². The molecule has 0 saturated heterocycles. The van der Waals surface area contributed by atoms with E-state index in [0.29, 0.717) is 31.8 Å². The minimum Gasteiger partial charge on any atom is -0.324 e. The van der Waals surface area contributed by atoms with Crippen LogP contribution < -0.4 is 10.9 Å². The number of carbonyl (C=O) groups is 1. The fourth-order valence-corrected chi connectivity index (χ4v) is 4.34. The minimum atomic E-state index is -0.353. The highest BCUT2D eigenvalue weighted by molar-refractivity contribution is 7.21. The van der Waals surface area contributed by atoms with E-state index in [1.165, 1.54) is 15.9 Å². The highest BCUT2D eigenvalue weighted by Gasteiger charge is 2.15. The van der Waals surface area contributed by atoms with E-state index >= 15 is 0 Å². The van der Waals surface area contributed by atoms with E-state index in [2.05, 4.69) is 10.3 Å². The molecular weight excluding hydrogens is 429 g/mol. The van der Waals surface area contributed by atoms with Crippen LogP contribution in [-0.4, -0.2) is 15.5 Å². The van der Waals surface area contributed by atoms with Gasteiger partial charge in [-0.2, -0.15) is 0 Å². The van der Waals surface area contributed by atoms with Crippen molar-refractivity contribution >= 4 is 56.3 Å². The Morgan fingerprint density at radius 3 is 2.59 bits per heavy atom. The molecule has 0 radical (unpaired) electrons. The van der Waals surface area contributed by atoms with Crippen LogP contribution in [-0.2, 0) is 11.3 Å². The number of amides is 1. The second-order valence-electron chi connectivity index (χ2n) is 6.42. The van der Waals surface area contributed by atoms with Crippen LogP contribution in [0.2, 0.25) is 10.0 Å². The largest absolute Gasteiger partial charge is 0.324 e. The smallest absolute Gasteiger partial charge is 0.262 e. The van der Waals surface area contributed by atoms with Crippen molar-refractivity contribution in [1.82, 2.24) is 9.55 Å². The number of hydrogen-bond acceptors (Lipinski definition) is 4. The number of fused-ring (bicyclic) bond motifs is 1. The van der Waals surface area contributed by atoms with Gasteiger partial charge in [0.1, 0.15) is 17.2 Å². The van der Waals surface area contributed by atoms with Crippen LogP contribution in [0.1, 0.15) is 5.82 Å². The average Bonchev–Trinajstić information content (AvgIpc) is 3.13. The topological polar surface area (TPSA) is 64.0 Å². The summed E-state index contributed by atoms with van der Waals surface area (Å²) in [6.45, 7) is 1.57. The summed E-state index contributed by atoms with van der Waals surface area (Å²) >= 11 is 13.3. The molecule has 146 valence electrons. The van der Waals surface area contributed by atoms with Crippen molar-refractivity contribution in [1.29, 1.82) is 0 Å². The monoisotopic (exact) mass is 443 g/mol. The van der Waals surface area contributed by atoms with Crippen molar-refractivity contribution in [3.8, 4) is 10.4 Å². The number of anilines is 1. The first-order valence-corrected chi connectivity index (χ1v) is 10.3. The summed E-state index contributed by atoms with van der Waals surface area (Å²) in [7, 11) is 0. The Hall–Kier alpha value is -2.67. The number of rotatable bonds is 4. The molecule has 0 aliphatic carbocycles. The second-order valence-corrected chi connectivity index (χ2v) is 8.27. The van der Waals surface area contributed by atoms with E-state index in [-0.39, 0.29) is 18.0 Å². The second kappa shape index (κ2) is 7.99. The van der Waals surface area contributed by atoms with Crippen LogP contribution in [0.5, 0.6) is 0 Å². The van der Waals surface area contributed by atoms with Crippen molar-refractivity contribution in [2.24, 2.45) is 0 Å². The number of benzene rings is 2. The first-order chi connectivity index (χ1) is 13.9. The summed E-state index contributed by atoms with van der Waals surface area (Å²) in [5, 5.41) is 3.97. The molecule has 0 saturated carbocycles. The Balaban J connectivity index is 1.64. The molecule has 0 bridgehead atoms. The maximum atomic E-state index is 13.0. The van der Waals surface area contributed by atoms with Crippen LogP contribution in [0.4, 0.5) is 5.69 Å². The molecule has 4 aromatic rings. The summed E-state index contributed by atoms with van der Waals surface area (Å²) in [5.41, 5.74) is 1.29. The fourth-order valence-electron chi connectivity index (χ4n) is 2.97. The Morgan fingerprint density at radius 2 is 1.86 bits per heavy atom. The van der Waals surface area contributed by atoms with Crippen molar-refractivity contribution in [2.45, 2.75) is 13.5 Å². The SMILES string of the molecule is Cc1nc2sc(-c3ccccc3)cc2c(=O)n1CC(=O)Nc1ccc(Cl)c(Cl)c1. The van der Waals surface area contributed by atoms with Gasteiger partial charge < -0.3 is 5.32 Å². The third-order valence-electron chi connectivity index (χ3n) is 4.41. The van der Waals surface area contributed by atoms with Crippen LogP contribution in [0.3, 0.4) is 0 Å². The van der Waals surface area contributed by atoms with Crippen LogP contribution in [0.25, 0.3) is 20.7 Å². The summed E-state index contributed by atoms with van der Waals surface area (Å²) in [4.78, 5) is 31.6. The molecule has 0 spiro atoms. The Labute approximate surface area is 180 Å². The van der Waals surface area contributed by atoms with Crippen molar-refractivity contribution in [2.75, 3.05) is 5.32 Å². The molecule has 1 amide bonds. The number of hydrogen-bond donors (Lipinski definition) is 1. The van der Waals surface area contributed by atoms with Crippen LogP contribution in [0, 0.1) is 6.92 Å². The van der Waals surface area contributed by atoms with Gasteiger partial charge in [-0.3, -0.25) is 14.2 Å². The fraction of sp³-hybridized carbons (Fsp3) is 0.0952. The molecule has 1 N–H and O–H groups in total. The molecule has 2 heterocycles. The Morgan fingerprint density at radius 1 is 1.10 bits per heavy atom. The Kier molecular flexibility index (Phi) is 5.41. The van der Waals surface area contributed by atoms with Gasteiger partial charge in [-0.25, -0.2) is 4.98 Å². The summed E-state index contributed by atoms with van der Waals surface area (Å²) < 4.78 is 1.37. The molecule has 4 rings (SSSR count). The highest BCUT2D eigenvalue weighted by atomic mass is 35.5. The van der Waals surface area contributed by atoms with E-state index in [1.54, 1.807) is 25.1 Å². The highest BCUT2D eigenvalue weighted by Crippen LogP contribution is 2.31. The minimum absolute atomic E-state index is 0.148. The van der Waals surface area contributed by atoms with Gasteiger partial charge in [-0.05, 0) is 36.8 Å². The lowest BCUT2D eigenvalue weighted by Gasteiger charge is -2.10. The number of aromatic nitrogens is 2. The van der Waals surface area contributed by atoms with Gasteiger partial charge in [0, 0.05) is 10.6 Å². The van der Waals surface area contributed by atoms with E-state index in [0.717, 1.165) is 10.4 Å². The van der Waals surface area contributed by atoms with Gasteiger partial charge >= 0.3 is 0 Å². The van der Waals surface area contributed by atoms with Gasteiger partial charge in [0.25, 0.3) is 5.56 Å². The number of thiophene rings is 1. The third kappa shape index (κ3) is 4.05. The zero-order valence-corrected chi connectivity index (χ0v) is 17.6. The van der Waals surface area contributed by atoms with Gasteiger partial charge in [0.05, 0.1) is 15.4 Å². The molecule has 8 heteroatoms. The zero-order chi connectivity index (χ0) is 20.5. The molecule has 2 aromatic carbocycles. The number of carbonyl (C=O) groups excluding carboxylic acids is 1. The Bertz CT molecular complexity index is 1280. The number of nitrogens with zero attached hydrogens (tertiary/aromatic N) is 2. The zero-order valence-electron chi connectivity index (χ0n) is 15.3. The molecular formula is C21H15Cl2N3O2S. The van der Waals surface area contributed by atoms with Gasteiger partial charge in [0.2, 0.25) is 5.91 Å². The number of nitrogens with one attached hydrogen (secondary N) is 1.